The Morgan fingerprint density at radius 2 is 1.65 bits per heavy atom. The van der Waals surface area contributed by atoms with Crippen LogP contribution in [0.3, 0.4) is 0 Å². The summed E-state index contributed by atoms with van der Waals surface area (Å²) >= 11 is 0. The number of hydrogen-bond donors (Lipinski definition) is 1. The zero-order valence-electron chi connectivity index (χ0n) is 15.8. The van der Waals surface area contributed by atoms with Crippen LogP contribution >= 0.6 is 0 Å². The molecule has 0 aromatic heterocycles. The van der Waals surface area contributed by atoms with Gasteiger partial charge in [0, 0.05) is 58.4 Å². The van der Waals surface area contributed by atoms with Crippen molar-refractivity contribution in [1.29, 1.82) is 0 Å². The number of benzene rings is 1. The quantitative estimate of drug-likeness (QED) is 0.507. The monoisotopic (exact) mass is 355 g/mol. The van der Waals surface area contributed by atoms with Crippen molar-refractivity contribution in [2.45, 2.75) is 20.4 Å². The maximum Gasteiger partial charge on any atom is 0.219 e. The van der Waals surface area contributed by atoms with Gasteiger partial charge in [0.25, 0.3) is 0 Å². The maximum absolute atomic E-state index is 11.5. The molecule has 0 atom stereocenters. The number of carbonyl (C=O) groups is 1. The number of hydrogen-bond acceptors (Lipinski definition) is 3. The molecule has 1 aromatic carbocycles. The summed E-state index contributed by atoms with van der Waals surface area (Å²) in [5, 5.41) is 3.38. The summed E-state index contributed by atoms with van der Waals surface area (Å²) < 4.78 is 0. The zero-order chi connectivity index (χ0) is 18.4. The third-order valence-corrected chi connectivity index (χ3v) is 4.89. The van der Waals surface area contributed by atoms with Gasteiger partial charge in [-0.15, -0.1) is 0 Å². The molecule has 26 heavy (non-hydrogen) atoms. The highest BCUT2D eigenvalue weighted by Gasteiger charge is 2.20. The molecule has 1 fully saturated rings. The molecular weight excluding hydrogens is 326 g/mol. The second kappa shape index (κ2) is 8.74. The molecule has 1 aromatic rings. The molecule has 1 N–H and O–H groups in total. The standard InChI is InChI=1S/C20H29N5O/c1-3-21-20(25-14-12-23(13-15-25)17(2)26)22-16-18-6-8-19(9-7-18)24-10-4-5-11-24/h4-9H,3,10-16H2,1-2H3,(H,21,22). The van der Waals surface area contributed by atoms with Gasteiger partial charge in [-0.05, 0) is 24.6 Å². The Balaban J connectivity index is 1.59. The Labute approximate surface area is 156 Å². The molecule has 0 bridgehead atoms. The SMILES string of the molecule is CCNC(=NCc1ccc(N2CC=CC2)cc1)N1CCN(C(C)=O)CC1. The first-order valence-electron chi connectivity index (χ1n) is 9.45. The summed E-state index contributed by atoms with van der Waals surface area (Å²) in [4.78, 5) is 22.8. The van der Waals surface area contributed by atoms with E-state index in [-0.39, 0.29) is 5.91 Å². The molecule has 140 valence electrons. The lowest BCUT2D eigenvalue weighted by atomic mass is 10.2. The predicted molar refractivity (Wildman–Crippen MR) is 106 cm³/mol. The van der Waals surface area contributed by atoms with Crippen LogP contribution in [0.5, 0.6) is 0 Å². The molecule has 6 heteroatoms. The fourth-order valence-corrected chi connectivity index (χ4v) is 3.33. The molecule has 1 saturated heterocycles. The van der Waals surface area contributed by atoms with Gasteiger partial charge in [0.05, 0.1) is 6.54 Å². The molecular formula is C20H29N5O. The van der Waals surface area contributed by atoms with Gasteiger partial charge >= 0.3 is 0 Å². The molecule has 1 amide bonds. The maximum atomic E-state index is 11.5. The Kier molecular flexibility index (Phi) is 6.15. The van der Waals surface area contributed by atoms with Crippen LogP contribution in [0.15, 0.2) is 41.4 Å². The van der Waals surface area contributed by atoms with Gasteiger partial charge < -0.3 is 20.0 Å². The van der Waals surface area contributed by atoms with Gasteiger partial charge in [-0.1, -0.05) is 24.3 Å². The lowest BCUT2D eigenvalue weighted by molar-refractivity contribution is -0.130. The van der Waals surface area contributed by atoms with E-state index in [0.717, 1.165) is 51.8 Å². The first kappa shape index (κ1) is 18.3. The van der Waals surface area contributed by atoms with E-state index in [2.05, 4.69) is 58.5 Å². The number of nitrogens with one attached hydrogen (secondary N) is 1. The van der Waals surface area contributed by atoms with Crippen LogP contribution < -0.4 is 10.2 Å². The van der Waals surface area contributed by atoms with Crippen molar-refractivity contribution in [3.05, 3.63) is 42.0 Å². The Bertz CT molecular complexity index is 651. The van der Waals surface area contributed by atoms with Gasteiger partial charge in [-0.2, -0.15) is 0 Å². The summed E-state index contributed by atoms with van der Waals surface area (Å²) in [7, 11) is 0. The van der Waals surface area contributed by atoms with E-state index in [0.29, 0.717) is 6.54 Å². The highest BCUT2D eigenvalue weighted by atomic mass is 16.2. The second-order valence-electron chi connectivity index (χ2n) is 6.71. The fraction of sp³-hybridized carbons (Fsp3) is 0.500. The smallest absolute Gasteiger partial charge is 0.219 e. The molecule has 3 rings (SSSR count). The minimum atomic E-state index is 0.153. The number of carbonyl (C=O) groups excluding carboxylic acids is 1. The summed E-state index contributed by atoms with van der Waals surface area (Å²) in [6, 6.07) is 8.68. The highest BCUT2D eigenvalue weighted by Crippen LogP contribution is 2.18. The first-order chi connectivity index (χ1) is 12.7. The lowest BCUT2D eigenvalue weighted by Crippen LogP contribution is -2.53. The van der Waals surface area contributed by atoms with E-state index in [4.69, 9.17) is 4.99 Å². The van der Waals surface area contributed by atoms with Crippen molar-refractivity contribution in [1.82, 2.24) is 15.1 Å². The minimum Gasteiger partial charge on any atom is -0.364 e. The summed E-state index contributed by atoms with van der Waals surface area (Å²) in [5.74, 6) is 1.09. The van der Waals surface area contributed by atoms with Crippen molar-refractivity contribution in [3.8, 4) is 0 Å². The molecule has 0 radical (unpaired) electrons. The van der Waals surface area contributed by atoms with Crippen LogP contribution in [0.4, 0.5) is 5.69 Å². The van der Waals surface area contributed by atoms with Crippen LogP contribution in [-0.2, 0) is 11.3 Å². The Hall–Kier alpha value is -2.50. The molecule has 0 unspecified atom stereocenters. The molecule has 0 saturated carbocycles. The number of anilines is 1. The molecule has 0 spiro atoms. The van der Waals surface area contributed by atoms with E-state index in [9.17, 15) is 4.79 Å². The van der Waals surface area contributed by atoms with Gasteiger partial charge in [0.2, 0.25) is 5.91 Å². The van der Waals surface area contributed by atoms with Crippen molar-refractivity contribution >= 4 is 17.6 Å². The van der Waals surface area contributed by atoms with Gasteiger partial charge in [-0.3, -0.25) is 4.79 Å². The molecule has 2 aliphatic heterocycles. The van der Waals surface area contributed by atoms with E-state index in [1.165, 1.54) is 11.3 Å². The van der Waals surface area contributed by atoms with Crippen LogP contribution in [-0.4, -0.2) is 67.5 Å². The topological polar surface area (TPSA) is 51.2 Å². The zero-order valence-corrected chi connectivity index (χ0v) is 15.8. The van der Waals surface area contributed by atoms with Crippen molar-refractivity contribution in [2.75, 3.05) is 50.7 Å². The van der Waals surface area contributed by atoms with E-state index in [1.807, 2.05) is 4.90 Å². The third-order valence-electron chi connectivity index (χ3n) is 4.89. The molecule has 2 aliphatic rings. The first-order valence-corrected chi connectivity index (χ1v) is 9.45. The van der Waals surface area contributed by atoms with Gasteiger partial charge in [0.15, 0.2) is 5.96 Å². The van der Waals surface area contributed by atoms with E-state index >= 15 is 0 Å². The normalized spacial score (nSPS) is 17.8. The van der Waals surface area contributed by atoms with E-state index in [1.54, 1.807) is 6.92 Å². The number of aliphatic imine (C=N–C) groups is 1. The van der Waals surface area contributed by atoms with Crippen LogP contribution in [0.25, 0.3) is 0 Å². The van der Waals surface area contributed by atoms with Crippen LogP contribution in [0.2, 0.25) is 0 Å². The Morgan fingerprint density at radius 1 is 1.04 bits per heavy atom. The largest absolute Gasteiger partial charge is 0.364 e. The second-order valence-corrected chi connectivity index (χ2v) is 6.71. The van der Waals surface area contributed by atoms with Gasteiger partial charge in [-0.25, -0.2) is 4.99 Å². The third kappa shape index (κ3) is 4.56. The summed E-state index contributed by atoms with van der Waals surface area (Å²) in [6.07, 6.45) is 4.40. The highest BCUT2D eigenvalue weighted by molar-refractivity contribution is 5.80. The average molecular weight is 355 g/mol. The fourth-order valence-electron chi connectivity index (χ4n) is 3.33. The lowest BCUT2D eigenvalue weighted by Gasteiger charge is -2.36. The predicted octanol–water partition coefficient (Wildman–Crippen LogP) is 1.69. The van der Waals surface area contributed by atoms with Crippen molar-refractivity contribution < 1.29 is 4.79 Å². The number of amides is 1. The van der Waals surface area contributed by atoms with Crippen molar-refractivity contribution in [3.63, 3.8) is 0 Å². The average Bonchev–Trinajstić information content (AvgIpc) is 3.20. The Morgan fingerprint density at radius 3 is 2.23 bits per heavy atom. The van der Waals surface area contributed by atoms with Crippen molar-refractivity contribution in [2.24, 2.45) is 4.99 Å². The van der Waals surface area contributed by atoms with Crippen LogP contribution in [0, 0.1) is 0 Å². The number of nitrogens with zero attached hydrogens (tertiary/aromatic N) is 4. The van der Waals surface area contributed by atoms with E-state index < -0.39 is 0 Å². The minimum absolute atomic E-state index is 0.153. The number of rotatable bonds is 4. The molecule has 0 aliphatic carbocycles. The van der Waals surface area contributed by atoms with Crippen LogP contribution in [0.1, 0.15) is 19.4 Å². The number of piperazine rings is 1. The molecule has 2 heterocycles. The van der Waals surface area contributed by atoms with Gasteiger partial charge in [0.1, 0.15) is 0 Å². The summed E-state index contributed by atoms with van der Waals surface area (Å²) in [6.45, 7) is 10.4. The molecule has 6 nitrogen and oxygen atoms in total. The number of guanidine groups is 1. The summed E-state index contributed by atoms with van der Waals surface area (Å²) in [5.41, 5.74) is 2.47.